The molecular weight excluding hydrogens is 258 g/mol. The number of nitrogens with one attached hydrogen (secondary N) is 2. The van der Waals surface area contributed by atoms with E-state index in [1.54, 1.807) is 17.5 Å². The van der Waals surface area contributed by atoms with Gasteiger partial charge in [0.25, 0.3) is 5.91 Å². The van der Waals surface area contributed by atoms with Crippen LogP contribution in [0.2, 0.25) is 0 Å². The Balaban J connectivity index is 1.59. The largest absolute Gasteiger partial charge is 0.349 e. The molecule has 0 spiro atoms. The Morgan fingerprint density at radius 1 is 1.42 bits per heavy atom. The van der Waals surface area contributed by atoms with Crippen LogP contribution in [0.3, 0.4) is 0 Å². The van der Waals surface area contributed by atoms with Gasteiger partial charge in [-0.15, -0.1) is 11.3 Å². The van der Waals surface area contributed by atoms with E-state index in [4.69, 9.17) is 0 Å². The minimum atomic E-state index is 0.0485. The molecule has 2 aliphatic rings. The number of carbonyl (C=O) groups is 1. The van der Waals surface area contributed by atoms with Gasteiger partial charge in [0.15, 0.2) is 0 Å². The van der Waals surface area contributed by atoms with Gasteiger partial charge in [0.1, 0.15) is 0 Å². The number of carbonyl (C=O) groups excluding carboxylic acids is 1. The quantitative estimate of drug-likeness (QED) is 0.877. The monoisotopic (exact) mass is 273 g/mol. The van der Waals surface area contributed by atoms with Crippen molar-refractivity contribution < 1.29 is 4.79 Å². The molecule has 1 aliphatic carbocycles. The molecule has 0 aromatic carbocycles. The summed E-state index contributed by atoms with van der Waals surface area (Å²) >= 11 is 1.58. The van der Waals surface area contributed by atoms with E-state index in [2.05, 4.69) is 15.6 Å². The molecule has 2 N–H and O–H groups in total. The molecule has 0 radical (unpaired) electrons. The van der Waals surface area contributed by atoms with E-state index in [1.807, 2.05) is 17.5 Å². The van der Waals surface area contributed by atoms with Gasteiger partial charge in [-0.2, -0.15) is 0 Å². The van der Waals surface area contributed by atoms with Crippen LogP contribution in [-0.2, 0) is 0 Å². The van der Waals surface area contributed by atoms with E-state index in [1.165, 1.54) is 6.42 Å². The van der Waals surface area contributed by atoms with Gasteiger partial charge in [0.2, 0.25) is 0 Å². The molecule has 1 saturated carbocycles. The van der Waals surface area contributed by atoms with Crippen molar-refractivity contribution in [2.24, 2.45) is 5.92 Å². The lowest BCUT2D eigenvalue weighted by molar-refractivity contribution is 0.0927. The molecule has 2 bridgehead atoms. The van der Waals surface area contributed by atoms with Crippen molar-refractivity contribution >= 4 is 27.5 Å². The van der Waals surface area contributed by atoms with Crippen LogP contribution in [0.5, 0.6) is 0 Å². The molecular formula is C14H15N3OS. The van der Waals surface area contributed by atoms with E-state index in [-0.39, 0.29) is 5.91 Å². The third-order valence-corrected chi connectivity index (χ3v) is 5.21. The maximum atomic E-state index is 12.4. The number of piperidine rings is 1. The fourth-order valence-corrected chi connectivity index (χ4v) is 4.17. The Morgan fingerprint density at radius 2 is 2.37 bits per heavy atom. The van der Waals surface area contributed by atoms with Crippen LogP contribution in [0.25, 0.3) is 10.2 Å². The first-order chi connectivity index (χ1) is 9.31. The second-order valence-corrected chi connectivity index (χ2v) is 6.33. The summed E-state index contributed by atoms with van der Waals surface area (Å²) < 4.78 is 0.987. The Bertz CT molecular complexity index is 638. The van der Waals surface area contributed by atoms with Gasteiger partial charge in [-0.3, -0.25) is 9.78 Å². The van der Waals surface area contributed by atoms with Crippen molar-refractivity contribution in [2.75, 3.05) is 6.54 Å². The van der Waals surface area contributed by atoms with Crippen molar-refractivity contribution in [3.8, 4) is 0 Å². The number of nitrogens with zero attached hydrogens (tertiary/aromatic N) is 1. The van der Waals surface area contributed by atoms with E-state index >= 15 is 0 Å². The molecule has 4 rings (SSSR count). The average Bonchev–Trinajstić information content (AvgIpc) is 3.13. The molecule has 1 saturated heterocycles. The SMILES string of the molecule is O=C(NC1CC2CC1CN2)c1ccnc2ccsc12. The predicted octanol–water partition coefficient (Wildman–Crippen LogP) is 1.78. The topological polar surface area (TPSA) is 54.0 Å². The Hall–Kier alpha value is -1.46. The lowest BCUT2D eigenvalue weighted by Gasteiger charge is -2.23. The Morgan fingerprint density at radius 3 is 3.16 bits per heavy atom. The molecule has 1 amide bonds. The smallest absolute Gasteiger partial charge is 0.253 e. The zero-order valence-corrected chi connectivity index (χ0v) is 11.2. The molecule has 98 valence electrons. The minimum Gasteiger partial charge on any atom is -0.349 e. The van der Waals surface area contributed by atoms with Gasteiger partial charge >= 0.3 is 0 Å². The number of pyridine rings is 1. The van der Waals surface area contributed by atoms with Crippen LogP contribution in [0.15, 0.2) is 23.7 Å². The molecule has 3 unspecified atom stereocenters. The van der Waals surface area contributed by atoms with Crippen molar-refractivity contribution in [2.45, 2.75) is 24.9 Å². The molecule has 2 fully saturated rings. The zero-order valence-electron chi connectivity index (χ0n) is 10.4. The van der Waals surface area contributed by atoms with Gasteiger partial charge in [-0.1, -0.05) is 0 Å². The summed E-state index contributed by atoms with van der Waals surface area (Å²) in [6.07, 6.45) is 3.98. The highest BCUT2D eigenvalue weighted by Gasteiger charge is 2.40. The minimum absolute atomic E-state index is 0.0485. The van der Waals surface area contributed by atoms with Crippen molar-refractivity contribution in [1.82, 2.24) is 15.6 Å². The van der Waals surface area contributed by atoms with Gasteiger partial charge in [0.05, 0.1) is 15.8 Å². The second kappa shape index (κ2) is 4.28. The third-order valence-electron chi connectivity index (χ3n) is 4.27. The van der Waals surface area contributed by atoms with Crippen molar-refractivity contribution in [3.63, 3.8) is 0 Å². The molecule has 1 aliphatic heterocycles. The summed E-state index contributed by atoms with van der Waals surface area (Å²) in [6, 6.07) is 4.72. The second-order valence-electron chi connectivity index (χ2n) is 5.41. The van der Waals surface area contributed by atoms with Crippen molar-refractivity contribution in [3.05, 3.63) is 29.3 Å². The summed E-state index contributed by atoms with van der Waals surface area (Å²) in [7, 11) is 0. The maximum Gasteiger partial charge on any atom is 0.253 e. The standard InChI is InChI=1S/C14H15N3OS/c18-14(17-12-6-9-5-8(12)7-16-9)10-1-3-15-11-2-4-19-13(10)11/h1-4,8-9,12,16H,5-7H2,(H,17,18). The predicted molar refractivity (Wildman–Crippen MR) is 75.4 cm³/mol. The number of aromatic nitrogens is 1. The molecule has 2 aromatic rings. The lowest BCUT2D eigenvalue weighted by atomic mass is 10.0. The molecule has 5 heteroatoms. The van der Waals surface area contributed by atoms with Crippen LogP contribution < -0.4 is 10.6 Å². The summed E-state index contributed by atoms with van der Waals surface area (Å²) in [5, 5.41) is 8.66. The highest BCUT2D eigenvalue weighted by Crippen LogP contribution is 2.31. The van der Waals surface area contributed by atoms with E-state index in [0.29, 0.717) is 18.0 Å². The zero-order chi connectivity index (χ0) is 12.8. The summed E-state index contributed by atoms with van der Waals surface area (Å²) in [4.78, 5) is 16.7. The van der Waals surface area contributed by atoms with Crippen LogP contribution >= 0.6 is 11.3 Å². The number of hydrogen-bond donors (Lipinski definition) is 2. The summed E-state index contributed by atoms with van der Waals surface area (Å²) in [5.41, 5.74) is 1.67. The molecule has 3 heterocycles. The van der Waals surface area contributed by atoms with Crippen LogP contribution in [0.4, 0.5) is 0 Å². The van der Waals surface area contributed by atoms with Crippen LogP contribution in [0.1, 0.15) is 23.2 Å². The van der Waals surface area contributed by atoms with Gasteiger partial charge in [-0.05, 0) is 36.3 Å². The molecule has 4 nitrogen and oxygen atoms in total. The summed E-state index contributed by atoms with van der Waals surface area (Å²) in [5.74, 6) is 0.655. The Kier molecular flexibility index (Phi) is 2.56. The Labute approximate surface area is 115 Å². The fourth-order valence-electron chi connectivity index (χ4n) is 3.31. The highest BCUT2D eigenvalue weighted by atomic mass is 32.1. The lowest BCUT2D eigenvalue weighted by Crippen LogP contribution is -2.44. The molecule has 19 heavy (non-hydrogen) atoms. The fraction of sp³-hybridized carbons (Fsp3) is 0.429. The highest BCUT2D eigenvalue weighted by molar-refractivity contribution is 7.17. The van der Waals surface area contributed by atoms with Crippen LogP contribution in [0, 0.1) is 5.92 Å². The van der Waals surface area contributed by atoms with Gasteiger partial charge < -0.3 is 10.6 Å². The number of thiophene rings is 1. The first-order valence-electron chi connectivity index (χ1n) is 6.68. The number of rotatable bonds is 2. The molecule has 2 aromatic heterocycles. The number of amides is 1. The summed E-state index contributed by atoms with van der Waals surface area (Å²) in [6.45, 7) is 1.04. The molecule has 3 atom stereocenters. The maximum absolute atomic E-state index is 12.4. The average molecular weight is 273 g/mol. The number of fused-ring (bicyclic) bond motifs is 3. The van der Waals surface area contributed by atoms with Gasteiger partial charge in [-0.25, -0.2) is 0 Å². The first kappa shape index (κ1) is 11.4. The van der Waals surface area contributed by atoms with E-state index in [0.717, 1.165) is 28.7 Å². The first-order valence-corrected chi connectivity index (χ1v) is 7.55. The van der Waals surface area contributed by atoms with Gasteiger partial charge in [0, 0.05) is 24.8 Å². The number of hydrogen-bond acceptors (Lipinski definition) is 4. The van der Waals surface area contributed by atoms with E-state index < -0.39 is 0 Å². The van der Waals surface area contributed by atoms with Crippen molar-refractivity contribution in [1.29, 1.82) is 0 Å². The normalized spacial score (nSPS) is 28.9. The van der Waals surface area contributed by atoms with E-state index in [9.17, 15) is 4.79 Å². The third kappa shape index (κ3) is 1.84. The van der Waals surface area contributed by atoms with Crippen LogP contribution in [-0.4, -0.2) is 29.5 Å².